The summed E-state index contributed by atoms with van der Waals surface area (Å²) in [5.74, 6) is -0.0359. The van der Waals surface area contributed by atoms with Crippen LogP contribution in [-0.2, 0) is 0 Å². The van der Waals surface area contributed by atoms with Gasteiger partial charge in [0.15, 0.2) is 11.6 Å². The number of carbonyl (C=O) groups excluding carboxylic acids is 1. The second-order valence-electron chi connectivity index (χ2n) is 6.98. The van der Waals surface area contributed by atoms with Crippen molar-refractivity contribution < 1.29 is 14.3 Å². The van der Waals surface area contributed by atoms with Crippen LogP contribution in [0.5, 0.6) is 0 Å². The van der Waals surface area contributed by atoms with E-state index in [2.05, 4.69) is 15.6 Å². The minimum atomic E-state index is -0.615. The van der Waals surface area contributed by atoms with Gasteiger partial charge in [0.05, 0.1) is 6.10 Å². The van der Waals surface area contributed by atoms with E-state index in [-0.39, 0.29) is 29.8 Å². The van der Waals surface area contributed by atoms with E-state index >= 15 is 0 Å². The maximum Gasteiger partial charge on any atom is 0.315 e. The second kappa shape index (κ2) is 7.12. The first-order chi connectivity index (χ1) is 10.8. The lowest BCUT2D eigenvalue weighted by atomic mass is 9.89. The van der Waals surface area contributed by atoms with Crippen LogP contribution in [0.25, 0.3) is 0 Å². The average molecular weight is 324 g/mol. The Morgan fingerprint density at radius 1 is 1.57 bits per heavy atom. The zero-order chi connectivity index (χ0) is 17.0. The van der Waals surface area contributed by atoms with E-state index in [1.165, 1.54) is 6.07 Å². The smallest absolute Gasteiger partial charge is 0.315 e. The Balaban J connectivity index is 1.79. The summed E-state index contributed by atoms with van der Waals surface area (Å²) in [6, 6.07) is 2.55. The minimum absolute atomic E-state index is 0.0665. The number of anilines is 1. The molecule has 1 aromatic heterocycles. The number of hydrogen-bond donors (Lipinski definition) is 3. The van der Waals surface area contributed by atoms with E-state index in [1.54, 1.807) is 12.3 Å². The number of aromatic nitrogens is 1. The van der Waals surface area contributed by atoms with Crippen molar-refractivity contribution in [2.75, 3.05) is 24.5 Å². The zero-order valence-electron chi connectivity index (χ0n) is 13.8. The van der Waals surface area contributed by atoms with Crippen molar-refractivity contribution in [2.24, 2.45) is 5.41 Å². The number of carbonyl (C=O) groups is 1. The van der Waals surface area contributed by atoms with Gasteiger partial charge < -0.3 is 20.6 Å². The van der Waals surface area contributed by atoms with Crippen LogP contribution in [0.15, 0.2) is 18.3 Å². The fraction of sp³-hybridized carbons (Fsp3) is 0.625. The SMILES string of the molecule is CC(C)(C)C(O)CNC(=O)NC1CCN(c2ncccc2F)C1. The Bertz CT molecular complexity index is 547. The first kappa shape index (κ1) is 17.5. The molecular formula is C16H25FN4O2. The van der Waals surface area contributed by atoms with Gasteiger partial charge in [-0.15, -0.1) is 0 Å². The molecule has 1 aromatic rings. The highest BCUT2D eigenvalue weighted by molar-refractivity contribution is 5.74. The summed E-state index contributed by atoms with van der Waals surface area (Å²) in [6.07, 6.45) is 1.67. The van der Waals surface area contributed by atoms with Crippen molar-refractivity contribution in [3.63, 3.8) is 0 Å². The number of nitrogens with one attached hydrogen (secondary N) is 2. The van der Waals surface area contributed by atoms with Crippen molar-refractivity contribution in [1.82, 2.24) is 15.6 Å². The third-order valence-corrected chi connectivity index (χ3v) is 4.02. The molecule has 1 saturated heterocycles. The molecule has 2 amide bonds. The van der Waals surface area contributed by atoms with Crippen molar-refractivity contribution >= 4 is 11.8 Å². The van der Waals surface area contributed by atoms with Gasteiger partial charge >= 0.3 is 6.03 Å². The number of halogens is 1. The number of pyridine rings is 1. The van der Waals surface area contributed by atoms with Crippen molar-refractivity contribution in [1.29, 1.82) is 0 Å². The number of aliphatic hydroxyl groups excluding tert-OH is 1. The standard InChI is InChI=1S/C16H25FN4O2/c1-16(2,3)13(22)9-19-15(23)20-11-6-8-21(10-11)14-12(17)5-4-7-18-14/h4-5,7,11,13,22H,6,8-10H2,1-3H3,(H2,19,20,23). The molecule has 2 atom stereocenters. The summed E-state index contributed by atoms with van der Waals surface area (Å²) in [6.45, 7) is 7.09. The van der Waals surface area contributed by atoms with Crippen LogP contribution in [0.2, 0.25) is 0 Å². The highest BCUT2D eigenvalue weighted by atomic mass is 19.1. The normalized spacial score (nSPS) is 19.5. The van der Waals surface area contributed by atoms with Crippen LogP contribution in [0.4, 0.5) is 15.0 Å². The Hall–Kier alpha value is -1.89. The number of aliphatic hydroxyl groups is 1. The third kappa shape index (κ3) is 4.79. The largest absolute Gasteiger partial charge is 0.391 e. The lowest BCUT2D eigenvalue weighted by Gasteiger charge is -2.26. The maximum absolute atomic E-state index is 13.7. The molecule has 0 aliphatic carbocycles. The van der Waals surface area contributed by atoms with Gasteiger partial charge in [-0.25, -0.2) is 14.2 Å². The first-order valence-corrected chi connectivity index (χ1v) is 7.85. The predicted molar refractivity (Wildman–Crippen MR) is 86.8 cm³/mol. The van der Waals surface area contributed by atoms with Gasteiger partial charge in [0.2, 0.25) is 0 Å². The van der Waals surface area contributed by atoms with Crippen molar-refractivity contribution in [2.45, 2.75) is 39.3 Å². The molecule has 0 radical (unpaired) electrons. The maximum atomic E-state index is 13.7. The number of hydrogen-bond acceptors (Lipinski definition) is 4. The summed E-state index contributed by atoms with van der Waals surface area (Å²) >= 11 is 0. The molecule has 6 nitrogen and oxygen atoms in total. The zero-order valence-corrected chi connectivity index (χ0v) is 13.8. The monoisotopic (exact) mass is 324 g/mol. The van der Waals surface area contributed by atoms with Gasteiger partial charge in [0.1, 0.15) is 0 Å². The Labute approximate surface area is 136 Å². The van der Waals surface area contributed by atoms with Gasteiger partial charge in [-0.3, -0.25) is 0 Å². The molecule has 3 N–H and O–H groups in total. The number of urea groups is 1. The highest BCUT2D eigenvalue weighted by Crippen LogP contribution is 2.21. The Morgan fingerprint density at radius 3 is 2.96 bits per heavy atom. The average Bonchev–Trinajstić information content (AvgIpc) is 2.92. The molecule has 2 rings (SSSR count). The Kier molecular flexibility index (Phi) is 5.41. The molecule has 128 valence electrons. The van der Waals surface area contributed by atoms with E-state index in [4.69, 9.17) is 0 Å². The van der Waals surface area contributed by atoms with Crippen LogP contribution < -0.4 is 15.5 Å². The molecule has 0 spiro atoms. The van der Waals surface area contributed by atoms with Crippen LogP contribution >= 0.6 is 0 Å². The van der Waals surface area contributed by atoms with Crippen molar-refractivity contribution in [3.8, 4) is 0 Å². The number of nitrogens with zero attached hydrogens (tertiary/aromatic N) is 2. The molecule has 0 saturated carbocycles. The van der Waals surface area contributed by atoms with Crippen molar-refractivity contribution in [3.05, 3.63) is 24.1 Å². The lowest BCUT2D eigenvalue weighted by Crippen LogP contribution is -2.47. The third-order valence-electron chi connectivity index (χ3n) is 4.02. The molecule has 1 fully saturated rings. The van der Waals surface area contributed by atoms with Gasteiger partial charge in [-0.2, -0.15) is 0 Å². The fourth-order valence-corrected chi connectivity index (χ4v) is 2.41. The van der Waals surface area contributed by atoms with Crippen LogP contribution in [0.3, 0.4) is 0 Å². The molecule has 0 bridgehead atoms. The Morgan fingerprint density at radius 2 is 2.30 bits per heavy atom. The molecule has 2 heterocycles. The summed E-state index contributed by atoms with van der Waals surface area (Å²) in [5, 5.41) is 15.4. The molecule has 2 unspecified atom stereocenters. The van der Waals surface area contributed by atoms with Crippen LogP contribution in [0, 0.1) is 11.2 Å². The van der Waals surface area contributed by atoms with Gasteiger partial charge in [-0.1, -0.05) is 20.8 Å². The van der Waals surface area contributed by atoms with Crippen LogP contribution in [0.1, 0.15) is 27.2 Å². The molecule has 1 aliphatic rings. The molecule has 23 heavy (non-hydrogen) atoms. The van der Waals surface area contributed by atoms with E-state index in [0.717, 1.165) is 6.42 Å². The van der Waals surface area contributed by atoms with Gasteiger partial charge in [-0.05, 0) is 24.0 Å². The highest BCUT2D eigenvalue weighted by Gasteiger charge is 2.27. The summed E-state index contributed by atoms with van der Waals surface area (Å²) in [7, 11) is 0. The summed E-state index contributed by atoms with van der Waals surface area (Å²) < 4.78 is 13.7. The van der Waals surface area contributed by atoms with E-state index < -0.39 is 6.10 Å². The molecule has 0 aromatic carbocycles. The molecule has 1 aliphatic heterocycles. The van der Waals surface area contributed by atoms with E-state index in [9.17, 15) is 14.3 Å². The van der Waals surface area contributed by atoms with Gasteiger partial charge in [0.25, 0.3) is 0 Å². The van der Waals surface area contributed by atoms with Crippen LogP contribution in [-0.4, -0.2) is 47.9 Å². The number of rotatable bonds is 4. The van der Waals surface area contributed by atoms with Gasteiger partial charge in [0, 0.05) is 31.9 Å². The summed E-state index contributed by atoms with van der Waals surface area (Å²) in [5.41, 5.74) is -0.284. The first-order valence-electron chi connectivity index (χ1n) is 7.85. The van der Waals surface area contributed by atoms with E-state index in [1.807, 2.05) is 25.7 Å². The lowest BCUT2D eigenvalue weighted by molar-refractivity contribution is 0.0649. The minimum Gasteiger partial charge on any atom is -0.391 e. The second-order valence-corrected chi connectivity index (χ2v) is 6.98. The predicted octanol–water partition coefficient (Wildman–Crippen LogP) is 1.51. The fourth-order valence-electron chi connectivity index (χ4n) is 2.41. The topological polar surface area (TPSA) is 77.5 Å². The number of amides is 2. The van der Waals surface area contributed by atoms with E-state index in [0.29, 0.717) is 18.9 Å². The quantitative estimate of drug-likeness (QED) is 0.784. The molecular weight excluding hydrogens is 299 g/mol. The summed E-state index contributed by atoms with van der Waals surface area (Å²) in [4.78, 5) is 17.8. The molecule has 7 heteroatoms.